The van der Waals surface area contributed by atoms with Crippen LogP contribution in [-0.4, -0.2) is 181 Å². The molecule has 5 heterocycles. The number of benzene rings is 3. The van der Waals surface area contributed by atoms with Crippen molar-refractivity contribution in [1.82, 2.24) is 46.3 Å². The van der Waals surface area contributed by atoms with Gasteiger partial charge in [0.05, 0.1) is 35.9 Å². The Hall–Kier alpha value is -7.41. The Kier molecular flexibility index (Phi) is 19.6. The number of hydrogen-bond acceptors (Lipinski definition) is 13. The normalized spacial score (nSPS) is 17.0. The van der Waals surface area contributed by atoms with E-state index in [-0.39, 0.29) is 87.5 Å². The van der Waals surface area contributed by atoms with Crippen LogP contribution in [0.2, 0.25) is 0 Å². The van der Waals surface area contributed by atoms with E-state index in [1.807, 2.05) is 69.4 Å². The highest BCUT2D eigenvalue weighted by Crippen LogP contribution is 2.47. The maximum absolute atomic E-state index is 14.8. The predicted molar refractivity (Wildman–Crippen MR) is 317 cm³/mol. The zero-order valence-corrected chi connectivity index (χ0v) is 49.9. The van der Waals surface area contributed by atoms with Crippen molar-refractivity contribution in [3.8, 4) is 5.75 Å². The highest BCUT2D eigenvalue weighted by Gasteiger charge is 2.39. The summed E-state index contributed by atoms with van der Waals surface area (Å²) in [6.07, 6.45) is 2.80. The van der Waals surface area contributed by atoms with Gasteiger partial charge in [0.1, 0.15) is 17.5 Å². The highest BCUT2D eigenvalue weighted by molar-refractivity contribution is 9.09. The van der Waals surface area contributed by atoms with Crippen LogP contribution < -0.4 is 46.9 Å². The molecule has 8 rings (SSSR count). The van der Waals surface area contributed by atoms with Gasteiger partial charge < -0.3 is 66.4 Å². The lowest BCUT2D eigenvalue weighted by Gasteiger charge is -2.32. The van der Waals surface area contributed by atoms with Gasteiger partial charge in [0, 0.05) is 123 Å². The van der Waals surface area contributed by atoms with Crippen LogP contribution in [0.1, 0.15) is 94.8 Å². The first-order valence-electron chi connectivity index (χ1n) is 28.3. The van der Waals surface area contributed by atoms with Gasteiger partial charge in [0.25, 0.3) is 17.7 Å². The molecule has 3 atom stereocenters. The fraction of sp³-hybridized carbons (Fsp3) is 0.508. The second-order valence-corrected chi connectivity index (χ2v) is 24.0. The number of anilines is 2. The molecule has 83 heavy (non-hydrogen) atoms. The fourth-order valence-electron chi connectivity index (χ4n) is 11.1. The first-order valence-corrected chi connectivity index (χ1v) is 29.4. The molecule has 1 aromatic heterocycles. The standard InChI is InChI=1S/C59H77BrN12O11/c1-35(2)52(63-22-21-62-48(74)31-59(5,6)82-34-58(3,4)67-47(73)19-24-71-49(75)16-17-50(71)76)53(77)66-42(13-10-20-64-56(61)80)54(78)70-23-18-37-40-29-43(65-41(40)14-15-44(37)70)55(79)72-33-36(32-60)51-39-12-9-8-11-38(39)46(30-45(51)72)83-57(81)69-27-25-68(7)26-28-69/h8-9,11-12,14-17,29-30,35-36,42,52,63,65H,10,13,18-28,31-34H2,1-7H3,(H,62,74)(H,66,77)(H,67,73)(H3,61,64,80)/t36-,42+,52+/m1/s1. The summed E-state index contributed by atoms with van der Waals surface area (Å²) in [5, 5.41) is 17.6. The van der Waals surface area contributed by atoms with Crippen LogP contribution in [-0.2, 0) is 39.9 Å². The van der Waals surface area contributed by atoms with Crippen molar-refractivity contribution in [2.24, 2.45) is 11.7 Å². The monoisotopic (exact) mass is 1210 g/mol. The number of halogens is 1. The van der Waals surface area contributed by atoms with Gasteiger partial charge in [-0.05, 0) is 94.6 Å². The third kappa shape index (κ3) is 14.9. The average Bonchev–Trinajstić information content (AvgIpc) is 2.81. The Morgan fingerprint density at radius 2 is 1.54 bits per heavy atom. The molecule has 0 unspecified atom stereocenters. The van der Waals surface area contributed by atoms with Crippen LogP contribution >= 0.6 is 15.9 Å². The molecule has 0 aliphatic carbocycles. The van der Waals surface area contributed by atoms with E-state index in [9.17, 15) is 43.2 Å². The number of primary amides is 1. The van der Waals surface area contributed by atoms with Gasteiger partial charge in [-0.1, -0.05) is 54.0 Å². The number of nitrogens with one attached hydrogen (secondary N) is 6. The van der Waals surface area contributed by atoms with Gasteiger partial charge >= 0.3 is 12.1 Å². The molecule has 4 aromatic rings. The van der Waals surface area contributed by atoms with E-state index >= 15 is 0 Å². The quantitative estimate of drug-likeness (QED) is 0.0295. The van der Waals surface area contributed by atoms with Crippen molar-refractivity contribution in [2.45, 2.75) is 103 Å². The second-order valence-electron chi connectivity index (χ2n) is 23.3. The van der Waals surface area contributed by atoms with E-state index in [1.54, 1.807) is 42.4 Å². The Morgan fingerprint density at radius 1 is 0.831 bits per heavy atom. The van der Waals surface area contributed by atoms with Crippen LogP contribution in [0, 0.1) is 5.92 Å². The number of imide groups is 1. The number of amides is 10. The first-order chi connectivity index (χ1) is 39.4. The number of ether oxygens (including phenoxy) is 2. The van der Waals surface area contributed by atoms with Gasteiger partial charge in [0.2, 0.25) is 23.6 Å². The number of likely N-dealkylation sites (N-methyl/N-ethyl adjacent to an activating group) is 1. The van der Waals surface area contributed by atoms with Crippen molar-refractivity contribution in [3.63, 3.8) is 0 Å². The van der Waals surface area contributed by atoms with E-state index in [2.05, 4.69) is 52.4 Å². The number of piperazine rings is 1. The Labute approximate surface area is 491 Å². The molecule has 0 bridgehead atoms. The molecule has 0 spiro atoms. The second kappa shape index (κ2) is 26.4. The maximum Gasteiger partial charge on any atom is 0.415 e. The van der Waals surface area contributed by atoms with Gasteiger partial charge in [-0.15, -0.1) is 0 Å². The Balaban J connectivity index is 0.891. The minimum atomic E-state index is -0.992. The Morgan fingerprint density at radius 3 is 2.23 bits per heavy atom. The van der Waals surface area contributed by atoms with Crippen molar-refractivity contribution in [2.75, 3.05) is 94.2 Å². The molecule has 23 nitrogen and oxygen atoms in total. The molecule has 10 amide bonds. The number of aromatic amines is 1. The van der Waals surface area contributed by atoms with Crippen molar-refractivity contribution in [3.05, 3.63) is 77.5 Å². The molecular weight excluding hydrogens is 1130 g/mol. The minimum Gasteiger partial charge on any atom is -0.409 e. The minimum absolute atomic E-state index is 0.0106. The molecule has 4 aliphatic rings. The van der Waals surface area contributed by atoms with Gasteiger partial charge in [-0.3, -0.25) is 38.5 Å². The number of carbonyl (C=O) groups excluding carboxylic acids is 9. The van der Waals surface area contributed by atoms with Crippen LogP contribution in [0.5, 0.6) is 5.75 Å². The lowest BCUT2D eigenvalue weighted by atomic mass is 9.95. The number of H-pyrrole nitrogens is 1. The average molecular weight is 1210 g/mol. The van der Waals surface area contributed by atoms with Crippen molar-refractivity contribution >= 4 is 102 Å². The number of hydrogen-bond donors (Lipinski definition) is 7. The summed E-state index contributed by atoms with van der Waals surface area (Å²) in [7, 11) is 2.02. The molecule has 1 saturated heterocycles. The summed E-state index contributed by atoms with van der Waals surface area (Å²) in [6.45, 7) is 14.6. The molecular formula is C59H77BrN12O11. The molecule has 24 heteroatoms. The molecule has 0 radical (unpaired) electrons. The van der Waals surface area contributed by atoms with E-state index in [1.165, 1.54) is 0 Å². The van der Waals surface area contributed by atoms with E-state index in [0.717, 1.165) is 57.4 Å². The number of nitrogens with zero attached hydrogens (tertiary/aromatic N) is 5. The summed E-state index contributed by atoms with van der Waals surface area (Å²) in [5.74, 6) is -2.52. The summed E-state index contributed by atoms with van der Waals surface area (Å²) in [6, 6.07) is 12.6. The molecule has 1 fully saturated rings. The van der Waals surface area contributed by atoms with Crippen LogP contribution in [0.4, 0.5) is 21.0 Å². The molecule has 8 N–H and O–H groups in total. The largest absolute Gasteiger partial charge is 0.415 e. The van der Waals surface area contributed by atoms with Crippen molar-refractivity contribution < 1.29 is 52.6 Å². The predicted octanol–water partition coefficient (Wildman–Crippen LogP) is 4.15. The zero-order chi connectivity index (χ0) is 59.9. The summed E-state index contributed by atoms with van der Waals surface area (Å²) >= 11 is 3.71. The number of carbonyl (C=O) groups is 9. The van der Waals surface area contributed by atoms with Gasteiger partial charge in [-0.25, -0.2) is 9.59 Å². The highest BCUT2D eigenvalue weighted by atomic mass is 79.9. The molecule has 0 saturated carbocycles. The van der Waals surface area contributed by atoms with E-state index < -0.39 is 53.1 Å². The summed E-state index contributed by atoms with van der Waals surface area (Å²) in [5.41, 5.74) is 7.82. The molecule has 446 valence electrons. The number of nitrogens with two attached hydrogens (primary N) is 1. The third-order valence-electron chi connectivity index (χ3n) is 15.5. The van der Waals surface area contributed by atoms with Gasteiger partial charge in [0.15, 0.2) is 0 Å². The molecule has 4 aliphatic heterocycles. The van der Waals surface area contributed by atoms with Gasteiger partial charge in [-0.2, -0.15) is 0 Å². The molecule has 3 aromatic carbocycles. The summed E-state index contributed by atoms with van der Waals surface area (Å²) < 4.78 is 12.2. The van der Waals surface area contributed by atoms with E-state index in [0.29, 0.717) is 72.7 Å². The van der Waals surface area contributed by atoms with Crippen LogP contribution in [0.3, 0.4) is 0 Å². The Bertz CT molecular complexity index is 3170. The number of rotatable bonds is 24. The SMILES string of the molecule is CC(C)[C@H](NCCNC(=O)CC(C)(C)OCC(C)(C)NC(=O)CCN1C(=O)C=CC1=O)C(=O)N[C@@H](CCCNC(N)=O)C(=O)N1CCc2c1ccc1[nH]c(C(=O)N3C[C@@H](CBr)c4c3cc(OC(=O)N3CCN(C)CC3)c3ccccc43)cc21. The van der Waals surface area contributed by atoms with Crippen LogP contribution in [0.25, 0.3) is 21.7 Å². The summed E-state index contributed by atoms with van der Waals surface area (Å²) in [4.78, 5) is 130. The fourth-order valence-corrected chi connectivity index (χ4v) is 11.6. The smallest absolute Gasteiger partial charge is 0.409 e. The number of urea groups is 1. The topological polar surface area (TPSA) is 290 Å². The number of alkyl halides is 1. The maximum atomic E-state index is 14.8. The number of aromatic nitrogens is 1. The lowest BCUT2D eigenvalue weighted by molar-refractivity contribution is -0.138. The zero-order valence-electron chi connectivity index (χ0n) is 48.3. The van der Waals surface area contributed by atoms with Crippen LogP contribution in [0.15, 0.2) is 60.7 Å². The lowest BCUT2D eigenvalue weighted by Crippen LogP contribution is -2.55. The first kappa shape index (κ1) is 61.7. The van der Waals surface area contributed by atoms with E-state index in [4.69, 9.17) is 15.2 Å². The third-order valence-corrected chi connectivity index (χ3v) is 16.3. The number of fused-ring (bicyclic) bond motifs is 6. The van der Waals surface area contributed by atoms with Crippen molar-refractivity contribution in [1.29, 1.82) is 0 Å².